The number of carbonyl (C=O) groups excluding carboxylic acids is 1. The van der Waals surface area contributed by atoms with Gasteiger partial charge in [0.2, 0.25) is 0 Å². The third kappa shape index (κ3) is 4.03. The maximum absolute atomic E-state index is 13.2. The number of hydrogen-bond donors (Lipinski definition) is 0. The zero-order chi connectivity index (χ0) is 21.3. The van der Waals surface area contributed by atoms with Gasteiger partial charge in [0.05, 0.1) is 16.1 Å². The Balaban J connectivity index is 1.54. The molecule has 1 aliphatic rings. The van der Waals surface area contributed by atoms with Gasteiger partial charge >= 0.3 is 5.97 Å². The van der Waals surface area contributed by atoms with Crippen molar-refractivity contribution >= 4 is 44.9 Å². The lowest BCUT2D eigenvalue weighted by atomic mass is 10.2. The standard InChI is InChI=1S/C22H17Cl2NO4S/c23-18-9-8-17(20(24)13-18)14-29-22(26)16-5-3-6-19(12-16)30(27,28)25-11-10-15-4-1-2-7-21(15)25/h1-9,12-13H,10-11,14H2. The van der Waals surface area contributed by atoms with Crippen molar-refractivity contribution in [1.29, 1.82) is 0 Å². The first kappa shape index (κ1) is 20.7. The van der Waals surface area contributed by atoms with Gasteiger partial charge in [-0.05, 0) is 48.4 Å². The number of sulfonamides is 1. The van der Waals surface area contributed by atoms with Crippen LogP contribution in [0.15, 0.2) is 71.6 Å². The number of carbonyl (C=O) groups is 1. The van der Waals surface area contributed by atoms with Gasteiger partial charge < -0.3 is 4.74 Å². The summed E-state index contributed by atoms with van der Waals surface area (Å²) in [5.74, 6) is -0.639. The molecule has 0 amide bonds. The van der Waals surface area contributed by atoms with Crippen LogP contribution in [0.3, 0.4) is 0 Å². The van der Waals surface area contributed by atoms with Crippen molar-refractivity contribution in [1.82, 2.24) is 0 Å². The zero-order valence-electron chi connectivity index (χ0n) is 15.7. The van der Waals surface area contributed by atoms with Gasteiger partial charge in [0, 0.05) is 22.2 Å². The summed E-state index contributed by atoms with van der Waals surface area (Å²) in [6.07, 6.45) is 0.652. The lowest BCUT2D eigenvalue weighted by Gasteiger charge is -2.19. The molecule has 0 atom stereocenters. The first-order valence-corrected chi connectivity index (χ1v) is 11.4. The van der Waals surface area contributed by atoms with E-state index < -0.39 is 16.0 Å². The third-order valence-electron chi connectivity index (χ3n) is 4.88. The number of anilines is 1. The first-order valence-electron chi connectivity index (χ1n) is 9.18. The summed E-state index contributed by atoms with van der Waals surface area (Å²) in [6, 6.07) is 18.1. The van der Waals surface area contributed by atoms with E-state index in [9.17, 15) is 13.2 Å². The van der Waals surface area contributed by atoms with Crippen LogP contribution in [0.25, 0.3) is 0 Å². The van der Waals surface area contributed by atoms with E-state index >= 15 is 0 Å². The number of para-hydroxylation sites is 1. The normalized spacial score (nSPS) is 13.2. The van der Waals surface area contributed by atoms with E-state index in [1.54, 1.807) is 24.3 Å². The minimum atomic E-state index is -3.80. The smallest absolute Gasteiger partial charge is 0.338 e. The first-order chi connectivity index (χ1) is 14.4. The molecule has 3 aromatic carbocycles. The van der Waals surface area contributed by atoms with Crippen molar-refractivity contribution in [3.8, 4) is 0 Å². The Bertz CT molecular complexity index is 1230. The number of ether oxygens (including phenoxy) is 1. The molecule has 0 aromatic heterocycles. The van der Waals surface area contributed by atoms with Crippen molar-refractivity contribution in [2.24, 2.45) is 0 Å². The molecule has 5 nitrogen and oxygen atoms in total. The molecule has 154 valence electrons. The summed E-state index contributed by atoms with van der Waals surface area (Å²) in [5, 5.41) is 0.871. The number of esters is 1. The van der Waals surface area contributed by atoms with E-state index in [2.05, 4.69) is 0 Å². The number of benzene rings is 3. The van der Waals surface area contributed by atoms with Crippen LogP contribution in [-0.4, -0.2) is 20.9 Å². The van der Waals surface area contributed by atoms with Crippen molar-refractivity contribution in [2.75, 3.05) is 10.8 Å². The summed E-state index contributed by atoms with van der Waals surface area (Å²) < 4.78 is 33.0. The molecule has 0 bridgehead atoms. The van der Waals surface area contributed by atoms with Crippen LogP contribution in [-0.2, 0) is 27.8 Å². The molecule has 0 saturated heterocycles. The highest BCUT2D eigenvalue weighted by molar-refractivity contribution is 7.92. The highest BCUT2D eigenvalue weighted by Gasteiger charge is 2.31. The quantitative estimate of drug-likeness (QED) is 0.495. The minimum absolute atomic E-state index is 0.0400. The minimum Gasteiger partial charge on any atom is -0.457 e. The monoisotopic (exact) mass is 461 g/mol. The Hall–Kier alpha value is -2.54. The number of hydrogen-bond acceptors (Lipinski definition) is 4. The summed E-state index contributed by atoms with van der Waals surface area (Å²) in [5.41, 5.74) is 2.40. The van der Waals surface area contributed by atoms with Crippen LogP contribution >= 0.6 is 23.2 Å². The summed E-state index contributed by atoms with van der Waals surface area (Å²) in [7, 11) is -3.80. The molecule has 0 unspecified atom stereocenters. The van der Waals surface area contributed by atoms with Gasteiger partial charge in [-0.15, -0.1) is 0 Å². The summed E-state index contributed by atoms with van der Waals surface area (Å²) >= 11 is 12.0. The molecule has 30 heavy (non-hydrogen) atoms. The third-order valence-corrected chi connectivity index (χ3v) is 7.27. The molecule has 0 radical (unpaired) electrons. The Morgan fingerprint density at radius 3 is 2.60 bits per heavy atom. The molecular formula is C22H17Cl2NO4S. The van der Waals surface area contributed by atoms with Gasteiger partial charge in [-0.1, -0.05) is 53.5 Å². The average Bonchev–Trinajstić information content (AvgIpc) is 3.18. The van der Waals surface area contributed by atoms with Crippen LogP contribution < -0.4 is 4.31 Å². The highest BCUT2D eigenvalue weighted by atomic mass is 35.5. The number of halogens is 2. The average molecular weight is 462 g/mol. The number of rotatable bonds is 5. The molecule has 1 heterocycles. The fourth-order valence-corrected chi connectivity index (χ4v) is 5.35. The van der Waals surface area contributed by atoms with Gasteiger partial charge in [-0.25, -0.2) is 13.2 Å². The van der Waals surface area contributed by atoms with E-state index in [0.717, 1.165) is 5.56 Å². The van der Waals surface area contributed by atoms with Gasteiger partial charge in [0.1, 0.15) is 6.61 Å². The maximum Gasteiger partial charge on any atom is 0.338 e. The zero-order valence-corrected chi connectivity index (χ0v) is 18.0. The second kappa shape index (κ2) is 8.30. The van der Waals surface area contributed by atoms with Crippen LogP contribution in [0, 0.1) is 0 Å². The Morgan fingerprint density at radius 1 is 1.00 bits per heavy atom. The van der Waals surface area contributed by atoms with E-state index in [1.807, 2.05) is 18.2 Å². The van der Waals surface area contributed by atoms with Gasteiger partial charge in [-0.2, -0.15) is 0 Å². The van der Waals surface area contributed by atoms with E-state index in [0.29, 0.717) is 34.3 Å². The molecule has 4 rings (SSSR count). The fraction of sp³-hybridized carbons (Fsp3) is 0.136. The maximum atomic E-state index is 13.2. The van der Waals surface area contributed by atoms with Crippen LogP contribution in [0.1, 0.15) is 21.5 Å². The molecular weight excluding hydrogens is 445 g/mol. The summed E-state index contributed by atoms with van der Waals surface area (Å²) in [6.45, 7) is 0.316. The Labute approximate surface area is 184 Å². The lowest BCUT2D eigenvalue weighted by Crippen LogP contribution is -2.29. The largest absolute Gasteiger partial charge is 0.457 e. The fourth-order valence-electron chi connectivity index (χ4n) is 3.33. The highest BCUT2D eigenvalue weighted by Crippen LogP contribution is 2.33. The van der Waals surface area contributed by atoms with Crippen LogP contribution in [0.5, 0.6) is 0 Å². The molecule has 0 N–H and O–H groups in total. The molecule has 0 fully saturated rings. The van der Waals surface area contributed by atoms with E-state index in [-0.39, 0.29) is 17.1 Å². The van der Waals surface area contributed by atoms with E-state index in [1.165, 1.54) is 28.6 Å². The van der Waals surface area contributed by atoms with Gasteiger partial charge in [-0.3, -0.25) is 4.31 Å². The molecule has 3 aromatic rings. The second-order valence-electron chi connectivity index (χ2n) is 6.80. The molecule has 0 spiro atoms. The van der Waals surface area contributed by atoms with Crippen LogP contribution in [0.2, 0.25) is 10.0 Å². The van der Waals surface area contributed by atoms with Crippen molar-refractivity contribution in [2.45, 2.75) is 17.9 Å². The Morgan fingerprint density at radius 2 is 1.80 bits per heavy atom. The molecule has 0 saturated carbocycles. The summed E-state index contributed by atoms with van der Waals surface area (Å²) in [4.78, 5) is 12.5. The SMILES string of the molecule is O=C(OCc1ccc(Cl)cc1Cl)c1cccc(S(=O)(=O)N2CCc3ccccc32)c1. The molecule has 1 aliphatic heterocycles. The predicted molar refractivity (Wildman–Crippen MR) is 117 cm³/mol. The van der Waals surface area contributed by atoms with Gasteiger partial charge in [0.15, 0.2) is 0 Å². The molecule has 8 heteroatoms. The predicted octanol–water partition coefficient (Wildman–Crippen LogP) is 5.10. The van der Waals surface area contributed by atoms with Crippen LogP contribution in [0.4, 0.5) is 5.69 Å². The lowest BCUT2D eigenvalue weighted by molar-refractivity contribution is 0.0472. The van der Waals surface area contributed by atoms with E-state index in [4.69, 9.17) is 27.9 Å². The number of nitrogens with zero attached hydrogens (tertiary/aromatic N) is 1. The van der Waals surface area contributed by atoms with Crippen molar-refractivity contribution < 1.29 is 17.9 Å². The Kier molecular flexibility index (Phi) is 5.73. The molecule has 0 aliphatic carbocycles. The van der Waals surface area contributed by atoms with Crippen molar-refractivity contribution in [3.63, 3.8) is 0 Å². The number of fused-ring (bicyclic) bond motifs is 1. The topological polar surface area (TPSA) is 63.7 Å². The van der Waals surface area contributed by atoms with Gasteiger partial charge in [0.25, 0.3) is 10.0 Å². The van der Waals surface area contributed by atoms with Crippen molar-refractivity contribution in [3.05, 3.63) is 93.5 Å². The second-order valence-corrected chi connectivity index (χ2v) is 9.50.